The van der Waals surface area contributed by atoms with Crippen LogP contribution in [0.2, 0.25) is 0 Å². The first-order valence-electron chi connectivity index (χ1n) is 20.1. The van der Waals surface area contributed by atoms with Crippen molar-refractivity contribution in [2.45, 2.75) is 64.7 Å². The normalized spacial score (nSPS) is 17.9. The van der Waals surface area contributed by atoms with Gasteiger partial charge in [0.2, 0.25) is 11.8 Å². The topological polar surface area (TPSA) is 184 Å². The summed E-state index contributed by atoms with van der Waals surface area (Å²) in [4.78, 5) is 71.0. The molecule has 310 valence electrons. The molecule has 2 saturated heterocycles. The number of aromatic nitrogens is 4. The average Bonchev–Trinajstić information content (AvgIpc) is 4.06. The molecule has 0 aliphatic carbocycles. The molecule has 4 N–H and O–H groups in total. The molecule has 7 rings (SSSR count). The molecule has 15 heteroatoms. The van der Waals surface area contributed by atoms with Crippen LogP contribution in [-0.4, -0.2) is 106 Å². The highest BCUT2D eigenvalue weighted by atomic mass is 16.5. The Hall–Kier alpha value is -6.22. The smallest absolute Gasteiger partial charge is 0.407 e. The SMILES string of the molecule is COC(=O)NC(C(=O)N1CCCC1c1ncc(-c2ccc3cc(-c4ccc(-c5cnc(C6COCCN6C(=O)C(NC(=O)OC)C(C)C)[nH]5)cc4)ccc3c2)[nH]1)C(C)C. The van der Waals surface area contributed by atoms with Gasteiger partial charge >= 0.3 is 12.2 Å². The molecule has 4 amide bonds. The molecular formula is C44H52N8O7. The largest absolute Gasteiger partial charge is 0.453 e. The average molecular weight is 805 g/mol. The van der Waals surface area contributed by atoms with Crippen molar-refractivity contribution in [1.82, 2.24) is 40.4 Å². The van der Waals surface area contributed by atoms with E-state index in [9.17, 15) is 19.2 Å². The summed E-state index contributed by atoms with van der Waals surface area (Å²) in [6.45, 7) is 9.20. The second-order valence-corrected chi connectivity index (χ2v) is 15.7. The number of rotatable bonds is 11. The van der Waals surface area contributed by atoms with Gasteiger partial charge < -0.3 is 44.6 Å². The fourth-order valence-corrected chi connectivity index (χ4v) is 7.91. The van der Waals surface area contributed by atoms with Crippen molar-refractivity contribution in [3.05, 3.63) is 84.7 Å². The van der Waals surface area contributed by atoms with Crippen LogP contribution in [-0.2, 0) is 23.8 Å². The number of carbonyl (C=O) groups excluding carboxylic acids is 4. The highest BCUT2D eigenvalue weighted by molar-refractivity contribution is 5.91. The maximum Gasteiger partial charge on any atom is 0.407 e. The number of nitrogens with one attached hydrogen (secondary N) is 4. The number of hydrogen-bond donors (Lipinski definition) is 4. The first kappa shape index (κ1) is 41.0. The predicted molar refractivity (Wildman–Crippen MR) is 222 cm³/mol. The number of benzene rings is 3. The maximum atomic E-state index is 13.7. The van der Waals surface area contributed by atoms with Crippen molar-refractivity contribution in [2.75, 3.05) is 40.5 Å². The molecule has 4 atom stereocenters. The lowest BCUT2D eigenvalue weighted by atomic mass is 9.98. The van der Waals surface area contributed by atoms with Crippen molar-refractivity contribution < 1.29 is 33.4 Å². The Kier molecular flexibility index (Phi) is 12.3. The summed E-state index contributed by atoms with van der Waals surface area (Å²) in [7, 11) is 2.57. The molecule has 59 heavy (non-hydrogen) atoms. The number of fused-ring (bicyclic) bond motifs is 1. The van der Waals surface area contributed by atoms with Crippen molar-refractivity contribution in [3.63, 3.8) is 0 Å². The number of nitrogens with zero attached hydrogens (tertiary/aromatic N) is 4. The molecule has 0 saturated carbocycles. The minimum Gasteiger partial charge on any atom is -0.453 e. The van der Waals surface area contributed by atoms with Crippen LogP contribution < -0.4 is 10.6 Å². The molecule has 15 nitrogen and oxygen atoms in total. The second kappa shape index (κ2) is 17.7. The van der Waals surface area contributed by atoms with Crippen molar-refractivity contribution in [1.29, 1.82) is 0 Å². The van der Waals surface area contributed by atoms with Gasteiger partial charge in [-0.2, -0.15) is 0 Å². The number of hydrogen-bond acceptors (Lipinski definition) is 9. The van der Waals surface area contributed by atoms with Gasteiger partial charge in [-0.15, -0.1) is 0 Å². The van der Waals surface area contributed by atoms with Gasteiger partial charge in [0.25, 0.3) is 0 Å². The van der Waals surface area contributed by atoms with Crippen LogP contribution in [0.4, 0.5) is 9.59 Å². The fourth-order valence-electron chi connectivity index (χ4n) is 7.91. The van der Waals surface area contributed by atoms with E-state index in [1.807, 2.05) is 50.9 Å². The number of carbonyl (C=O) groups is 4. The summed E-state index contributed by atoms with van der Waals surface area (Å²) < 4.78 is 15.3. The fraction of sp³-hybridized carbons (Fsp3) is 0.409. The molecule has 2 aromatic heterocycles. The Morgan fingerprint density at radius 2 is 1.17 bits per heavy atom. The van der Waals surface area contributed by atoms with E-state index in [1.165, 1.54) is 14.2 Å². The monoisotopic (exact) mass is 804 g/mol. The van der Waals surface area contributed by atoms with Gasteiger partial charge in [-0.25, -0.2) is 19.6 Å². The lowest BCUT2D eigenvalue weighted by molar-refractivity contribution is -0.143. The van der Waals surface area contributed by atoms with Crippen LogP contribution in [0, 0.1) is 11.8 Å². The zero-order chi connectivity index (χ0) is 41.8. The summed E-state index contributed by atoms with van der Waals surface area (Å²) in [6.07, 6.45) is 3.93. The number of likely N-dealkylation sites (tertiary alicyclic amines) is 1. The van der Waals surface area contributed by atoms with Gasteiger partial charge in [-0.3, -0.25) is 9.59 Å². The van der Waals surface area contributed by atoms with E-state index in [0.29, 0.717) is 25.5 Å². The predicted octanol–water partition coefficient (Wildman–Crippen LogP) is 6.61. The molecule has 0 radical (unpaired) electrons. The van der Waals surface area contributed by atoms with Crippen molar-refractivity contribution in [3.8, 4) is 33.6 Å². The van der Waals surface area contributed by atoms with E-state index in [2.05, 4.69) is 74.1 Å². The number of imidazole rings is 2. The zero-order valence-electron chi connectivity index (χ0n) is 34.3. The highest BCUT2D eigenvalue weighted by Gasteiger charge is 2.38. The number of methoxy groups -OCH3 is 2. The van der Waals surface area contributed by atoms with Gasteiger partial charge in [0, 0.05) is 18.7 Å². The molecule has 2 fully saturated rings. The van der Waals surface area contributed by atoms with E-state index >= 15 is 0 Å². The van der Waals surface area contributed by atoms with Crippen molar-refractivity contribution in [2.24, 2.45) is 11.8 Å². The summed E-state index contributed by atoms with van der Waals surface area (Å²) in [5.74, 6) is 0.724. The van der Waals surface area contributed by atoms with Gasteiger partial charge in [0.15, 0.2) is 0 Å². The number of alkyl carbamates (subject to hydrolysis) is 2. The molecule has 2 aliphatic heterocycles. The molecule has 3 aromatic carbocycles. The summed E-state index contributed by atoms with van der Waals surface area (Å²) in [6, 6.07) is 18.9. The first-order valence-corrected chi connectivity index (χ1v) is 20.1. The van der Waals surface area contributed by atoms with Crippen LogP contribution in [0.3, 0.4) is 0 Å². The summed E-state index contributed by atoms with van der Waals surface area (Å²) in [5, 5.41) is 7.55. The number of morpholine rings is 1. The first-order chi connectivity index (χ1) is 28.4. The Labute approximate surface area is 343 Å². The quantitative estimate of drug-likeness (QED) is 0.114. The van der Waals surface area contributed by atoms with E-state index in [1.54, 1.807) is 11.1 Å². The molecular weight excluding hydrogens is 753 g/mol. The van der Waals surface area contributed by atoms with Gasteiger partial charge in [-0.1, -0.05) is 76.2 Å². The van der Waals surface area contributed by atoms with Crippen LogP contribution in [0.25, 0.3) is 44.4 Å². The molecule has 0 bridgehead atoms. The molecule has 4 heterocycles. The Morgan fingerprint density at radius 1 is 0.678 bits per heavy atom. The molecule has 0 spiro atoms. The number of amides is 4. The summed E-state index contributed by atoms with van der Waals surface area (Å²) >= 11 is 0. The highest BCUT2D eigenvalue weighted by Crippen LogP contribution is 2.34. The number of ether oxygens (including phenoxy) is 3. The third-order valence-corrected chi connectivity index (χ3v) is 11.2. The maximum absolute atomic E-state index is 13.7. The third kappa shape index (κ3) is 8.80. The van der Waals surface area contributed by atoms with E-state index in [0.717, 1.165) is 63.1 Å². The molecule has 5 aromatic rings. The van der Waals surface area contributed by atoms with Gasteiger partial charge in [0.1, 0.15) is 29.8 Å². The lowest BCUT2D eigenvalue weighted by Crippen LogP contribution is -2.54. The van der Waals surface area contributed by atoms with Crippen molar-refractivity contribution >= 4 is 34.8 Å². The van der Waals surface area contributed by atoms with Gasteiger partial charge in [-0.05, 0) is 64.3 Å². The van der Waals surface area contributed by atoms with Gasteiger partial charge in [0.05, 0.1) is 57.3 Å². The summed E-state index contributed by atoms with van der Waals surface area (Å²) in [5.41, 5.74) is 5.74. The van der Waals surface area contributed by atoms with Crippen LogP contribution >= 0.6 is 0 Å². The zero-order valence-corrected chi connectivity index (χ0v) is 34.3. The number of aromatic amines is 2. The minimum atomic E-state index is -0.747. The van der Waals surface area contributed by atoms with E-state index in [4.69, 9.17) is 19.2 Å². The van der Waals surface area contributed by atoms with Crippen LogP contribution in [0.15, 0.2) is 73.1 Å². The van der Waals surface area contributed by atoms with Crippen LogP contribution in [0.5, 0.6) is 0 Å². The minimum absolute atomic E-state index is 0.109. The Morgan fingerprint density at radius 3 is 1.75 bits per heavy atom. The number of H-pyrrole nitrogens is 2. The molecule has 4 unspecified atom stereocenters. The Balaban J connectivity index is 1.03. The van der Waals surface area contributed by atoms with E-state index in [-0.39, 0.29) is 36.3 Å². The lowest BCUT2D eigenvalue weighted by Gasteiger charge is -2.37. The standard InChI is InChI=1S/C44H52N8O7/c1-25(2)37(49-43(55)57-5)41(53)51-17-7-8-35(51)39-45-23-34(48-39)32-16-15-30-20-29(13-14-31(30)21-32)27-9-11-28(12-10-27)33-22-46-40(47-33)36-24-59-19-18-52(36)42(54)38(26(3)4)50-44(56)58-6/h9-16,20-23,25-26,35-38H,7-8,17-19,24H2,1-6H3,(H,45,48)(H,46,47)(H,49,55)(H,50,56). The van der Waals surface area contributed by atoms with Crippen LogP contribution in [0.1, 0.15) is 64.3 Å². The molecule has 2 aliphatic rings. The Bertz CT molecular complexity index is 2300. The second-order valence-electron chi connectivity index (χ2n) is 15.7. The van der Waals surface area contributed by atoms with E-state index < -0.39 is 30.3 Å². The third-order valence-electron chi connectivity index (χ3n) is 11.2.